The molecule has 81 valence electrons. The minimum atomic E-state index is 0.852. The summed E-state index contributed by atoms with van der Waals surface area (Å²) in [4.78, 5) is 2.46. The Labute approximate surface area is 91.9 Å². The lowest BCUT2D eigenvalue weighted by Gasteiger charge is -2.31. The first-order valence-corrected chi connectivity index (χ1v) is 5.64. The Hall–Kier alpha value is -1.02. The van der Waals surface area contributed by atoms with Crippen LogP contribution in [-0.2, 0) is 11.2 Å². The summed E-state index contributed by atoms with van der Waals surface area (Å²) in [6, 6.07) is 9.47. The molecule has 1 aliphatic rings. The molecule has 1 aliphatic heterocycles. The largest absolute Gasteiger partial charge is 0.385 e. The number of methoxy groups -OCH3 is 1. The van der Waals surface area contributed by atoms with Crippen molar-refractivity contribution in [2.75, 3.05) is 31.7 Å². The van der Waals surface area contributed by atoms with E-state index >= 15 is 0 Å². The molecule has 0 aliphatic carbocycles. The smallest absolute Gasteiger partial charge is 0.0479 e. The Bertz CT molecular complexity index is 311. The molecule has 1 radical (unpaired) electrons. The number of fused-ring (bicyclic) bond motifs is 1. The highest BCUT2D eigenvalue weighted by atomic mass is 16.5. The second-order valence-electron chi connectivity index (χ2n) is 3.99. The summed E-state index contributed by atoms with van der Waals surface area (Å²) in [7, 11) is 1.76. The van der Waals surface area contributed by atoms with Crippen molar-refractivity contribution in [3.8, 4) is 0 Å². The maximum absolute atomic E-state index is 5.09. The SMILES string of the molecule is COCCCN1CCCc2c[c]ccc21. The second-order valence-corrected chi connectivity index (χ2v) is 3.99. The van der Waals surface area contributed by atoms with Crippen LogP contribution in [0.3, 0.4) is 0 Å². The van der Waals surface area contributed by atoms with E-state index in [1.807, 2.05) is 6.07 Å². The topological polar surface area (TPSA) is 12.5 Å². The van der Waals surface area contributed by atoms with E-state index in [0.29, 0.717) is 0 Å². The van der Waals surface area contributed by atoms with Crippen molar-refractivity contribution >= 4 is 5.69 Å². The summed E-state index contributed by atoms with van der Waals surface area (Å²) < 4.78 is 5.09. The predicted molar refractivity (Wildman–Crippen MR) is 62.3 cm³/mol. The fourth-order valence-corrected chi connectivity index (χ4v) is 2.18. The Balaban J connectivity index is 2.02. The molecular formula is C13H18NO. The van der Waals surface area contributed by atoms with Gasteiger partial charge in [0, 0.05) is 32.5 Å². The Morgan fingerprint density at radius 2 is 2.47 bits per heavy atom. The Morgan fingerprint density at radius 3 is 3.33 bits per heavy atom. The molecule has 2 rings (SSSR count). The van der Waals surface area contributed by atoms with Crippen LogP contribution >= 0.6 is 0 Å². The van der Waals surface area contributed by atoms with E-state index in [1.165, 1.54) is 30.6 Å². The molecule has 0 amide bonds. The van der Waals surface area contributed by atoms with E-state index in [-0.39, 0.29) is 0 Å². The number of aryl methyl sites for hydroxylation is 1. The normalized spacial score (nSPS) is 15.1. The molecule has 0 atom stereocenters. The van der Waals surface area contributed by atoms with Gasteiger partial charge in [-0.15, -0.1) is 0 Å². The van der Waals surface area contributed by atoms with Gasteiger partial charge in [-0.1, -0.05) is 6.07 Å². The van der Waals surface area contributed by atoms with Crippen molar-refractivity contribution in [1.29, 1.82) is 0 Å². The van der Waals surface area contributed by atoms with Crippen molar-refractivity contribution in [2.45, 2.75) is 19.3 Å². The molecule has 0 saturated carbocycles. The number of hydrogen-bond acceptors (Lipinski definition) is 2. The lowest BCUT2D eigenvalue weighted by atomic mass is 10.0. The van der Waals surface area contributed by atoms with Crippen LogP contribution < -0.4 is 4.90 Å². The van der Waals surface area contributed by atoms with Crippen LogP contribution in [0.2, 0.25) is 0 Å². The molecule has 1 heterocycles. The third kappa shape index (κ3) is 2.51. The number of rotatable bonds is 4. The van der Waals surface area contributed by atoms with Crippen LogP contribution in [0.1, 0.15) is 18.4 Å². The van der Waals surface area contributed by atoms with Gasteiger partial charge < -0.3 is 9.64 Å². The first-order chi connectivity index (χ1) is 7.42. The van der Waals surface area contributed by atoms with Crippen molar-refractivity contribution in [2.24, 2.45) is 0 Å². The van der Waals surface area contributed by atoms with Crippen molar-refractivity contribution < 1.29 is 4.74 Å². The van der Waals surface area contributed by atoms with Crippen LogP contribution in [-0.4, -0.2) is 26.8 Å². The maximum atomic E-state index is 5.09. The fourth-order valence-electron chi connectivity index (χ4n) is 2.18. The molecular weight excluding hydrogens is 186 g/mol. The zero-order valence-electron chi connectivity index (χ0n) is 9.33. The van der Waals surface area contributed by atoms with Crippen molar-refractivity contribution in [3.63, 3.8) is 0 Å². The summed E-state index contributed by atoms with van der Waals surface area (Å²) >= 11 is 0. The summed E-state index contributed by atoms with van der Waals surface area (Å²) in [5, 5.41) is 0. The van der Waals surface area contributed by atoms with Gasteiger partial charge in [0.15, 0.2) is 0 Å². The van der Waals surface area contributed by atoms with Gasteiger partial charge >= 0.3 is 0 Å². The Kier molecular flexibility index (Phi) is 3.62. The maximum Gasteiger partial charge on any atom is 0.0479 e. The lowest BCUT2D eigenvalue weighted by molar-refractivity contribution is 0.196. The second kappa shape index (κ2) is 5.17. The van der Waals surface area contributed by atoms with Gasteiger partial charge in [-0.05, 0) is 43.0 Å². The summed E-state index contributed by atoms with van der Waals surface area (Å²) in [6.07, 6.45) is 3.57. The minimum absolute atomic E-state index is 0.852. The third-order valence-electron chi connectivity index (χ3n) is 2.92. The molecule has 15 heavy (non-hydrogen) atoms. The number of ether oxygens (including phenoxy) is 1. The molecule has 2 heteroatoms. The van der Waals surface area contributed by atoms with E-state index in [2.05, 4.69) is 23.1 Å². The highest BCUT2D eigenvalue weighted by molar-refractivity contribution is 5.55. The van der Waals surface area contributed by atoms with Gasteiger partial charge in [0.05, 0.1) is 0 Å². The standard InChI is InChI=1S/C13H18NO/c1-15-11-5-10-14-9-4-7-12-6-2-3-8-13(12)14/h3,6,8H,4-5,7,9-11H2,1H3. The van der Waals surface area contributed by atoms with Gasteiger partial charge in [-0.2, -0.15) is 0 Å². The molecule has 0 saturated heterocycles. The number of anilines is 1. The molecule has 0 bridgehead atoms. The van der Waals surface area contributed by atoms with Gasteiger partial charge in [-0.25, -0.2) is 0 Å². The van der Waals surface area contributed by atoms with Crippen LogP contribution in [0, 0.1) is 6.07 Å². The molecule has 0 fully saturated rings. The van der Waals surface area contributed by atoms with E-state index in [4.69, 9.17) is 4.74 Å². The number of nitrogens with zero attached hydrogens (tertiary/aromatic N) is 1. The molecule has 1 aromatic carbocycles. The zero-order valence-corrected chi connectivity index (χ0v) is 9.33. The molecule has 1 aromatic rings. The van der Waals surface area contributed by atoms with Gasteiger partial charge in [0.25, 0.3) is 0 Å². The summed E-state index contributed by atoms with van der Waals surface area (Å²) in [6.45, 7) is 3.14. The average Bonchev–Trinajstić information content (AvgIpc) is 2.30. The summed E-state index contributed by atoms with van der Waals surface area (Å²) in [5.74, 6) is 0. The highest BCUT2D eigenvalue weighted by Gasteiger charge is 2.15. The number of benzene rings is 1. The van der Waals surface area contributed by atoms with Crippen LogP contribution in [0.4, 0.5) is 5.69 Å². The van der Waals surface area contributed by atoms with E-state index in [1.54, 1.807) is 7.11 Å². The van der Waals surface area contributed by atoms with Crippen LogP contribution in [0.5, 0.6) is 0 Å². The van der Waals surface area contributed by atoms with Crippen LogP contribution in [0.15, 0.2) is 18.2 Å². The van der Waals surface area contributed by atoms with Crippen molar-refractivity contribution in [1.82, 2.24) is 0 Å². The molecule has 0 unspecified atom stereocenters. The van der Waals surface area contributed by atoms with E-state index in [0.717, 1.165) is 19.6 Å². The van der Waals surface area contributed by atoms with Crippen LogP contribution in [0.25, 0.3) is 0 Å². The molecule has 2 nitrogen and oxygen atoms in total. The van der Waals surface area contributed by atoms with Crippen molar-refractivity contribution in [3.05, 3.63) is 29.8 Å². The lowest BCUT2D eigenvalue weighted by Crippen LogP contribution is -2.30. The molecule has 0 N–H and O–H groups in total. The van der Waals surface area contributed by atoms with Gasteiger partial charge in [0.1, 0.15) is 0 Å². The van der Waals surface area contributed by atoms with Gasteiger partial charge in [-0.3, -0.25) is 0 Å². The van der Waals surface area contributed by atoms with E-state index in [9.17, 15) is 0 Å². The monoisotopic (exact) mass is 204 g/mol. The zero-order chi connectivity index (χ0) is 10.5. The molecule has 0 aromatic heterocycles. The molecule has 0 spiro atoms. The predicted octanol–water partition coefficient (Wildman–Crippen LogP) is 2.28. The summed E-state index contributed by atoms with van der Waals surface area (Å²) in [5.41, 5.74) is 2.84. The quantitative estimate of drug-likeness (QED) is 0.698. The highest BCUT2D eigenvalue weighted by Crippen LogP contribution is 2.26. The average molecular weight is 204 g/mol. The van der Waals surface area contributed by atoms with Gasteiger partial charge in [0.2, 0.25) is 0 Å². The first kappa shape index (κ1) is 10.5. The Morgan fingerprint density at radius 1 is 1.53 bits per heavy atom. The third-order valence-corrected chi connectivity index (χ3v) is 2.92. The fraction of sp³-hybridized carbons (Fsp3) is 0.538. The van der Waals surface area contributed by atoms with E-state index < -0.39 is 0 Å². The first-order valence-electron chi connectivity index (χ1n) is 5.64. The number of hydrogen-bond donors (Lipinski definition) is 0. The minimum Gasteiger partial charge on any atom is -0.385 e.